The van der Waals surface area contributed by atoms with Crippen molar-refractivity contribution < 1.29 is 4.79 Å². The van der Waals surface area contributed by atoms with Gasteiger partial charge in [-0.3, -0.25) is 4.40 Å². The molecule has 0 saturated carbocycles. The summed E-state index contributed by atoms with van der Waals surface area (Å²) in [5, 5.41) is 7.34. The number of hydrogen-bond acceptors (Lipinski definition) is 4. The lowest BCUT2D eigenvalue weighted by atomic mass is 10.4. The van der Waals surface area contributed by atoms with Gasteiger partial charge in [0.25, 0.3) is 0 Å². The summed E-state index contributed by atoms with van der Waals surface area (Å²) < 4.78 is 2.14. The molecule has 98 valence electrons. The van der Waals surface area contributed by atoms with Crippen LogP contribution in [0.25, 0.3) is 4.96 Å². The van der Waals surface area contributed by atoms with Crippen LogP contribution in [0.2, 0.25) is 0 Å². The smallest absolute Gasteiger partial charge is 0.314 e. The first kappa shape index (κ1) is 13.2. The summed E-state index contributed by atoms with van der Waals surface area (Å²) in [6.07, 6.45) is 2.05. The van der Waals surface area contributed by atoms with E-state index in [0.29, 0.717) is 6.54 Å². The molecule has 18 heavy (non-hydrogen) atoms. The van der Waals surface area contributed by atoms with Crippen LogP contribution in [-0.4, -0.2) is 34.8 Å². The molecule has 5 nitrogen and oxygen atoms in total. The van der Waals surface area contributed by atoms with Gasteiger partial charge in [0, 0.05) is 36.7 Å². The van der Waals surface area contributed by atoms with Crippen molar-refractivity contribution in [2.75, 3.05) is 19.3 Å². The Hall–Kier alpha value is -1.21. The van der Waals surface area contributed by atoms with Gasteiger partial charge in [-0.2, -0.15) is 11.8 Å². The predicted molar refractivity (Wildman–Crippen MR) is 76.4 cm³/mol. The highest BCUT2D eigenvalue weighted by Crippen LogP contribution is 2.20. The summed E-state index contributed by atoms with van der Waals surface area (Å²) in [6.45, 7) is 2.72. The number of rotatable bonds is 5. The van der Waals surface area contributed by atoms with Gasteiger partial charge in [-0.15, -0.1) is 11.3 Å². The molecular formula is C11H16N4OS2. The van der Waals surface area contributed by atoms with E-state index in [2.05, 4.69) is 26.2 Å². The SMILES string of the molecule is CNC(=O)NCCSCc1c(C)nc2sccn12. The van der Waals surface area contributed by atoms with Crippen molar-refractivity contribution >= 4 is 34.1 Å². The van der Waals surface area contributed by atoms with Gasteiger partial charge in [-0.05, 0) is 6.92 Å². The van der Waals surface area contributed by atoms with Crippen LogP contribution in [0.1, 0.15) is 11.4 Å². The molecule has 0 fully saturated rings. The van der Waals surface area contributed by atoms with E-state index in [1.165, 1.54) is 5.69 Å². The zero-order valence-electron chi connectivity index (χ0n) is 10.4. The van der Waals surface area contributed by atoms with Crippen molar-refractivity contribution in [3.05, 3.63) is 23.0 Å². The molecule has 0 unspecified atom stereocenters. The normalized spacial score (nSPS) is 10.8. The van der Waals surface area contributed by atoms with Crippen LogP contribution < -0.4 is 10.6 Å². The van der Waals surface area contributed by atoms with Gasteiger partial charge in [0.1, 0.15) is 0 Å². The average molecular weight is 284 g/mol. The Morgan fingerprint density at radius 1 is 1.61 bits per heavy atom. The van der Waals surface area contributed by atoms with E-state index < -0.39 is 0 Å². The van der Waals surface area contributed by atoms with E-state index in [4.69, 9.17) is 0 Å². The van der Waals surface area contributed by atoms with E-state index >= 15 is 0 Å². The Morgan fingerprint density at radius 3 is 3.22 bits per heavy atom. The summed E-state index contributed by atoms with van der Waals surface area (Å²) in [4.78, 5) is 16.5. The van der Waals surface area contributed by atoms with Gasteiger partial charge in [0.2, 0.25) is 0 Å². The number of fused-ring (bicyclic) bond motifs is 1. The molecule has 2 rings (SSSR count). The maximum atomic E-state index is 11.0. The van der Waals surface area contributed by atoms with Crippen molar-refractivity contribution in [1.82, 2.24) is 20.0 Å². The Morgan fingerprint density at radius 2 is 2.44 bits per heavy atom. The predicted octanol–water partition coefficient (Wildman–Crippen LogP) is 1.87. The zero-order chi connectivity index (χ0) is 13.0. The van der Waals surface area contributed by atoms with Crippen LogP contribution in [0.5, 0.6) is 0 Å². The largest absolute Gasteiger partial charge is 0.341 e. The zero-order valence-corrected chi connectivity index (χ0v) is 12.0. The number of aromatic nitrogens is 2. The van der Waals surface area contributed by atoms with E-state index in [-0.39, 0.29) is 6.03 Å². The van der Waals surface area contributed by atoms with Gasteiger partial charge in [-0.25, -0.2) is 9.78 Å². The molecule has 0 saturated heterocycles. The second-order valence-electron chi connectivity index (χ2n) is 3.76. The van der Waals surface area contributed by atoms with Crippen molar-refractivity contribution in [3.8, 4) is 0 Å². The number of amides is 2. The molecule has 0 aliphatic rings. The molecule has 0 aliphatic carbocycles. The standard InChI is InChI=1S/C11H16N4OS2/c1-8-9(15-4-6-18-11(15)14-8)7-17-5-3-13-10(16)12-2/h4,6H,3,5,7H2,1-2H3,(H2,12,13,16). The summed E-state index contributed by atoms with van der Waals surface area (Å²) in [6, 6.07) is -0.128. The van der Waals surface area contributed by atoms with Crippen LogP contribution in [0.3, 0.4) is 0 Å². The molecule has 0 aromatic carbocycles. The van der Waals surface area contributed by atoms with Gasteiger partial charge in [0.15, 0.2) is 4.96 Å². The molecule has 0 radical (unpaired) electrons. The third-order valence-corrected chi connectivity index (χ3v) is 4.29. The van der Waals surface area contributed by atoms with Crippen LogP contribution >= 0.6 is 23.1 Å². The first-order chi connectivity index (χ1) is 8.72. The lowest BCUT2D eigenvalue weighted by molar-refractivity contribution is 0.243. The van der Waals surface area contributed by atoms with Gasteiger partial charge in [-0.1, -0.05) is 0 Å². The number of imidazole rings is 1. The van der Waals surface area contributed by atoms with Crippen molar-refractivity contribution in [3.63, 3.8) is 0 Å². The monoisotopic (exact) mass is 284 g/mol. The number of thiazole rings is 1. The summed E-state index contributed by atoms with van der Waals surface area (Å²) in [5.41, 5.74) is 2.34. The third kappa shape index (κ3) is 2.97. The second kappa shape index (κ2) is 6.10. The van der Waals surface area contributed by atoms with E-state index in [9.17, 15) is 4.79 Å². The summed E-state index contributed by atoms with van der Waals surface area (Å²) in [5.74, 6) is 1.81. The van der Waals surface area contributed by atoms with E-state index in [0.717, 1.165) is 22.2 Å². The fraction of sp³-hybridized carbons (Fsp3) is 0.455. The fourth-order valence-electron chi connectivity index (χ4n) is 1.61. The van der Waals surface area contributed by atoms with Gasteiger partial charge >= 0.3 is 6.03 Å². The molecule has 2 N–H and O–H groups in total. The molecule has 0 aliphatic heterocycles. The van der Waals surface area contributed by atoms with Crippen LogP contribution in [0, 0.1) is 6.92 Å². The van der Waals surface area contributed by atoms with Crippen molar-refractivity contribution in [2.24, 2.45) is 0 Å². The third-order valence-electron chi connectivity index (χ3n) is 2.56. The second-order valence-corrected chi connectivity index (χ2v) is 5.74. The number of carbonyl (C=O) groups is 1. The average Bonchev–Trinajstić information content (AvgIpc) is 2.90. The highest BCUT2D eigenvalue weighted by molar-refractivity contribution is 7.98. The van der Waals surface area contributed by atoms with Crippen LogP contribution in [0.4, 0.5) is 4.79 Å². The van der Waals surface area contributed by atoms with Crippen molar-refractivity contribution in [1.29, 1.82) is 0 Å². The first-order valence-corrected chi connectivity index (χ1v) is 7.70. The van der Waals surface area contributed by atoms with Crippen LogP contribution in [0.15, 0.2) is 11.6 Å². The number of hydrogen-bond donors (Lipinski definition) is 2. The van der Waals surface area contributed by atoms with Gasteiger partial charge < -0.3 is 10.6 Å². The quantitative estimate of drug-likeness (QED) is 0.824. The Balaban J connectivity index is 1.81. The minimum Gasteiger partial charge on any atom is -0.341 e. The molecule has 0 spiro atoms. The molecule has 2 amide bonds. The van der Waals surface area contributed by atoms with E-state index in [1.54, 1.807) is 30.1 Å². The number of nitrogens with zero attached hydrogens (tertiary/aromatic N) is 2. The van der Waals surface area contributed by atoms with Crippen molar-refractivity contribution in [2.45, 2.75) is 12.7 Å². The highest BCUT2D eigenvalue weighted by Gasteiger charge is 2.08. The topological polar surface area (TPSA) is 58.4 Å². The fourth-order valence-corrected chi connectivity index (χ4v) is 3.32. The maximum Gasteiger partial charge on any atom is 0.314 e. The Labute approximate surface area is 114 Å². The molecule has 0 atom stereocenters. The number of aryl methyl sites for hydroxylation is 1. The molecule has 2 aromatic rings. The van der Waals surface area contributed by atoms with E-state index in [1.807, 2.05) is 12.3 Å². The lowest BCUT2D eigenvalue weighted by Crippen LogP contribution is -2.34. The Kier molecular flexibility index (Phi) is 4.48. The number of nitrogens with one attached hydrogen (secondary N) is 2. The Bertz CT molecular complexity index is 534. The molecule has 2 aromatic heterocycles. The molecular weight excluding hydrogens is 268 g/mol. The summed E-state index contributed by atoms with van der Waals surface area (Å²) >= 11 is 3.45. The number of thioether (sulfide) groups is 1. The minimum absolute atomic E-state index is 0.128. The first-order valence-electron chi connectivity index (χ1n) is 5.66. The summed E-state index contributed by atoms with van der Waals surface area (Å²) in [7, 11) is 1.62. The lowest BCUT2D eigenvalue weighted by Gasteiger charge is -2.04. The highest BCUT2D eigenvalue weighted by atomic mass is 32.2. The molecule has 2 heterocycles. The molecule has 7 heteroatoms. The number of urea groups is 1. The minimum atomic E-state index is -0.128. The van der Waals surface area contributed by atoms with Crippen LogP contribution in [-0.2, 0) is 5.75 Å². The van der Waals surface area contributed by atoms with Gasteiger partial charge in [0.05, 0.1) is 11.4 Å². The maximum absolute atomic E-state index is 11.0. The molecule has 0 bridgehead atoms. The number of carbonyl (C=O) groups excluding carboxylic acids is 1.